The second kappa shape index (κ2) is 24.6. The SMILES string of the molecule is CC(C)(O)Cn1ccc(N)n1.CC(C)(O)Cn1ccc([N+](=O)[O-])n1.Cc1cccc(-n2nc(C)cc2Oc2ccnc(Cl)c2)n1.Cc1cccc(-n2nc(C)cc2Oc2ccnc(Nc3ccn(CC(C)(C)O)n3)c2)n1. The standard InChI is InChI=1S/C22H25N7O2.C15H13ClN4O.C7H11N3O3.C7H13N3O/c1-15-6-5-7-20(24-15)29-21(12-16(2)26-29)31-17-8-10-23-19(13-17)25-18-9-11-28(27-18)14-22(3,4)30;1-10-4-3-5-14(18-10)20-15(8-11(2)19-20)21-12-6-7-17-13(16)9-12;1-7(2,11)5-9-4-3-6(8-9)10(12)13;1-7(2,11)5-10-4-3-6(8)9-10/h5-13,30H,14H2,1-4H3,(H,23,25,27);3-9H,1-2H3;3-4,11H,5H2,1-2H3;3-4,11H,5H2,1-2H3,(H2,8,9). The van der Waals surface area contributed by atoms with Gasteiger partial charge in [-0.2, -0.15) is 34.4 Å². The van der Waals surface area contributed by atoms with Crippen LogP contribution in [0.15, 0.2) is 122 Å². The molecule has 25 heteroatoms. The van der Waals surface area contributed by atoms with Gasteiger partial charge in [-0.05, 0) is 117 Å². The van der Waals surface area contributed by atoms with Gasteiger partial charge in [-0.15, -0.1) is 0 Å². The van der Waals surface area contributed by atoms with Crippen LogP contribution in [-0.4, -0.2) is 106 Å². The number of aryl methyl sites for hydroxylation is 4. The molecule has 0 aliphatic carbocycles. The number of halogens is 1. The van der Waals surface area contributed by atoms with Crippen molar-refractivity contribution in [3.05, 3.63) is 160 Å². The number of nitrogens with one attached hydrogen (secondary N) is 1. The number of hydrogen-bond donors (Lipinski definition) is 5. The summed E-state index contributed by atoms with van der Waals surface area (Å²) in [6.07, 6.45) is 8.26. The average molecular weight is 1060 g/mol. The summed E-state index contributed by atoms with van der Waals surface area (Å²) in [5.74, 6) is 5.21. The normalized spacial score (nSPS) is 11.3. The molecule has 0 saturated heterocycles. The topological polar surface area (TPSA) is 301 Å². The molecule has 76 heavy (non-hydrogen) atoms. The molecule has 0 saturated carbocycles. The first-order valence-electron chi connectivity index (χ1n) is 23.6. The van der Waals surface area contributed by atoms with Crippen molar-refractivity contribution in [1.82, 2.24) is 68.8 Å². The number of nitro groups is 1. The lowest BCUT2D eigenvalue weighted by Gasteiger charge is -2.16. The number of aliphatic hydroxyl groups is 3. The Morgan fingerprint density at radius 3 is 1.53 bits per heavy atom. The van der Waals surface area contributed by atoms with Crippen molar-refractivity contribution in [2.75, 3.05) is 11.1 Å². The van der Waals surface area contributed by atoms with Gasteiger partial charge in [0.1, 0.15) is 28.3 Å². The van der Waals surface area contributed by atoms with Gasteiger partial charge in [0, 0.05) is 66.5 Å². The molecule has 0 aliphatic heterocycles. The summed E-state index contributed by atoms with van der Waals surface area (Å²) < 4.78 is 19.9. The molecule has 0 aromatic carbocycles. The Balaban J connectivity index is 0.000000179. The van der Waals surface area contributed by atoms with Gasteiger partial charge in [0.05, 0.1) is 65.2 Å². The maximum atomic E-state index is 10.2. The van der Waals surface area contributed by atoms with E-state index in [1.165, 1.54) is 16.9 Å². The molecule has 0 aliphatic rings. The monoisotopic (exact) mass is 1060 g/mol. The summed E-state index contributed by atoms with van der Waals surface area (Å²) in [5.41, 5.74) is 6.36. The maximum absolute atomic E-state index is 10.2. The van der Waals surface area contributed by atoms with E-state index in [0.717, 1.165) is 22.8 Å². The van der Waals surface area contributed by atoms with E-state index in [2.05, 4.69) is 50.7 Å². The Kier molecular flexibility index (Phi) is 18.4. The number of anilines is 3. The van der Waals surface area contributed by atoms with Crippen molar-refractivity contribution in [2.24, 2.45) is 0 Å². The lowest BCUT2D eigenvalue weighted by Crippen LogP contribution is -2.26. The predicted molar refractivity (Wildman–Crippen MR) is 285 cm³/mol. The highest BCUT2D eigenvalue weighted by atomic mass is 35.5. The van der Waals surface area contributed by atoms with Gasteiger partial charge in [-0.3, -0.25) is 9.36 Å². The zero-order valence-corrected chi connectivity index (χ0v) is 44.6. The molecule has 9 aromatic rings. The van der Waals surface area contributed by atoms with E-state index in [9.17, 15) is 25.4 Å². The fourth-order valence-electron chi connectivity index (χ4n) is 6.79. The minimum atomic E-state index is -0.917. The minimum Gasteiger partial charge on any atom is -0.439 e. The van der Waals surface area contributed by atoms with Crippen molar-refractivity contribution < 1.29 is 29.7 Å². The Morgan fingerprint density at radius 2 is 1.07 bits per heavy atom. The molecule has 9 heterocycles. The minimum absolute atomic E-state index is 0.204. The summed E-state index contributed by atoms with van der Waals surface area (Å²) >= 11 is 5.87. The first kappa shape index (κ1) is 56.7. The predicted octanol–water partition coefficient (Wildman–Crippen LogP) is 8.31. The molecule has 0 amide bonds. The maximum Gasteiger partial charge on any atom is 0.389 e. The summed E-state index contributed by atoms with van der Waals surface area (Å²) in [6.45, 7) is 18.9. The van der Waals surface area contributed by atoms with Crippen LogP contribution in [0.25, 0.3) is 11.6 Å². The number of rotatable bonds is 15. The number of nitrogen functional groups attached to an aromatic ring is 1. The highest BCUT2D eigenvalue weighted by Gasteiger charge is 2.20. The highest BCUT2D eigenvalue weighted by Crippen LogP contribution is 2.28. The molecule has 9 rings (SSSR count). The van der Waals surface area contributed by atoms with E-state index in [0.29, 0.717) is 70.6 Å². The lowest BCUT2D eigenvalue weighted by molar-refractivity contribution is -0.389. The first-order chi connectivity index (χ1) is 35.7. The molecular formula is C51H62ClN17O7. The summed E-state index contributed by atoms with van der Waals surface area (Å²) in [5, 5.41) is 63.4. The average Bonchev–Trinajstić information content (AvgIpc) is 4.17. The van der Waals surface area contributed by atoms with Crippen molar-refractivity contribution in [2.45, 2.75) is 106 Å². The first-order valence-corrected chi connectivity index (χ1v) is 24.0. The molecule has 0 radical (unpaired) electrons. The van der Waals surface area contributed by atoms with Gasteiger partial charge in [-0.25, -0.2) is 19.9 Å². The third-order valence-electron chi connectivity index (χ3n) is 9.67. The van der Waals surface area contributed by atoms with Crippen LogP contribution in [0.2, 0.25) is 5.15 Å². The van der Waals surface area contributed by atoms with E-state index in [-0.39, 0.29) is 12.4 Å². The second-order valence-electron chi connectivity index (χ2n) is 19.3. The lowest BCUT2D eigenvalue weighted by atomic mass is 10.1. The third kappa shape index (κ3) is 18.4. The van der Waals surface area contributed by atoms with E-state index < -0.39 is 21.7 Å². The van der Waals surface area contributed by atoms with Crippen LogP contribution in [0, 0.1) is 37.8 Å². The number of aromatic nitrogens is 14. The molecule has 0 unspecified atom stereocenters. The van der Waals surface area contributed by atoms with Gasteiger partial charge in [0.2, 0.25) is 11.8 Å². The van der Waals surface area contributed by atoms with Gasteiger partial charge < -0.3 is 46.0 Å². The molecule has 0 fully saturated rings. The Hall–Kier alpha value is -8.58. The van der Waals surface area contributed by atoms with Crippen molar-refractivity contribution in [3.63, 3.8) is 0 Å². The van der Waals surface area contributed by atoms with Gasteiger partial charge in [0.25, 0.3) is 0 Å². The zero-order chi connectivity index (χ0) is 55.4. The van der Waals surface area contributed by atoms with E-state index in [1.54, 1.807) is 115 Å². The number of ether oxygens (including phenoxy) is 2. The second-order valence-corrected chi connectivity index (χ2v) is 19.7. The quantitative estimate of drug-likeness (QED) is 0.0366. The van der Waals surface area contributed by atoms with Crippen LogP contribution in [0.4, 0.5) is 23.3 Å². The highest BCUT2D eigenvalue weighted by molar-refractivity contribution is 6.29. The summed E-state index contributed by atoms with van der Waals surface area (Å²) in [6, 6.07) is 27.0. The zero-order valence-electron chi connectivity index (χ0n) is 43.8. The smallest absolute Gasteiger partial charge is 0.389 e. The molecule has 0 atom stereocenters. The van der Waals surface area contributed by atoms with Crippen molar-refractivity contribution in [3.8, 4) is 34.9 Å². The largest absolute Gasteiger partial charge is 0.439 e. The number of hydrogen-bond acceptors (Lipinski definition) is 18. The Morgan fingerprint density at radius 1 is 0.592 bits per heavy atom. The Labute approximate surface area is 443 Å². The molecule has 0 bridgehead atoms. The van der Waals surface area contributed by atoms with Crippen LogP contribution in [-0.2, 0) is 19.6 Å². The van der Waals surface area contributed by atoms with Crippen LogP contribution in [0.5, 0.6) is 23.3 Å². The third-order valence-corrected chi connectivity index (χ3v) is 9.88. The van der Waals surface area contributed by atoms with Gasteiger partial charge in [-0.1, -0.05) is 23.7 Å². The molecule has 9 aromatic heterocycles. The van der Waals surface area contributed by atoms with Crippen LogP contribution >= 0.6 is 11.6 Å². The molecule has 24 nitrogen and oxygen atoms in total. The van der Waals surface area contributed by atoms with Gasteiger partial charge >= 0.3 is 5.82 Å². The molecule has 6 N–H and O–H groups in total. The number of nitrogens with zero attached hydrogens (tertiary/aromatic N) is 15. The van der Waals surface area contributed by atoms with Crippen molar-refractivity contribution >= 4 is 34.9 Å². The van der Waals surface area contributed by atoms with Crippen molar-refractivity contribution in [1.29, 1.82) is 0 Å². The number of nitrogens with two attached hydrogens (primary N) is 1. The van der Waals surface area contributed by atoms with Crippen LogP contribution in [0.1, 0.15) is 64.3 Å². The number of pyridine rings is 4. The van der Waals surface area contributed by atoms with Crippen LogP contribution in [0.3, 0.4) is 0 Å². The van der Waals surface area contributed by atoms with Crippen LogP contribution < -0.4 is 20.5 Å². The molecule has 400 valence electrons. The molecule has 0 spiro atoms. The fraction of sp³-hybridized carbons (Fsp3) is 0.314. The Bertz CT molecular complexity index is 3320. The van der Waals surface area contributed by atoms with E-state index in [4.69, 9.17) is 26.8 Å². The fourth-order valence-corrected chi connectivity index (χ4v) is 6.95. The van der Waals surface area contributed by atoms with Gasteiger partial charge in [0.15, 0.2) is 17.5 Å². The van der Waals surface area contributed by atoms with E-state index >= 15 is 0 Å². The summed E-state index contributed by atoms with van der Waals surface area (Å²) in [7, 11) is 0. The van der Waals surface area contributed by atoms with E-state index in [1.807, 2.05) is 82.3 Å². The molecular weight excluding hydrogens is 998 g/mol. The summed E-state index contributed by atoms with van der Waals surface area (Å²) in [4.78, 5) is 26.9.